The zero-order chi connectivity index (χ0) is 20.1. The molecule has 1 aliphatic rings. The minimum Gasteiger partial charge on any atom is -0.360 e. The summed E-state index contributed by atoms with van der Waals surface area (Å²) >= 11 is 0. The molecule has 1 aromatic heterocycles. The molecular weight excluding hydrogens is 364 g/mol. The maximum Gasteiger partial charge on any atom is 0.253 e. The second kappa shape index (κ2) is 8.92. The Balaban J connectivity index is 1.27. The summed E-state index contributed by atoms with van der Waals surface area (Å²) in [6, 6.07) is 17.3. The summed E-state index contributed by atoms with van der Waals surface area (Å²) in [5.41, 5.74) is 2.46. The van der Waals surface area contributed by atoms with E-state index in [-0.39, 0.29) is 11.8 Å². The minimum atomic E-state index is -0.0543. The van der Waals surface area contributed by atoms with Crippen LogP contribution in [0.4, 0.5) is 5.69 Å². The summed E-state index contributed by atoms with van der Waals surface area (Å²) < 4.78 is 0. The maximum atomic E-state index is 12.6. The van der Waals surface area contributed by atoms with Gasteiger partial charge < -0.3 is 15.6 Å². The molecule has 6 nitrogen and oxygen atoms in total. The number of carbonyl (C=O) groups excluding carboxylic acids is 2. The summed E-state index contributed by atoms with van der Waals surface area (Å²) in [6.07, 6.45) is 3.86. The number of para-hydroxylation sites is 2. The largest absolute Gasteiger partial charge is 0.360 e. The lowest BCUT2D eigenvalue weighted by Gasteiger charge is -2.32. The Morgan fingerprint density at radius 1 is 1.07 bits per heavy atom. The molecule has 0 saturated carbocycles. The van der Waals surface area contributed by atoms with Gasteiger partial charge >= 0.3 is 0 Å². The van der Waals surface area contributed by atoms with E-state index in [2.05, 4.69) is 20.5 Å². The number of benzene rings is 2. The summed E-state index contributed by atoms with van der Waals surface area (Å²) in [4.78, 5) is 30.2. The van der Waals surface area contributed by atoms with Crippen molar-refractivity contribution in [3.8, 4) is 0 Å². The molecule has 2 aromatic carbocycles. The molecule has 3 N–H and O–H groups in total. The second-order valence-corrected chi connectivity index (χ2v) is 7.62. The molecule has 1 fully saturated rings. The van der Waals surface area contributed by atoms with E-state index in [1.54, 1.807) is 6.20 Å². The number of rotatable bonds is 6. The molecule has 1 atom stereocenters. The third-order valence-corrected chi connectivity index (χ3v) is 5.41. The minimum absolute atomic E-state index is 0.000298. The van der Waals surface area contributed by atoms with Crippen molar-refractivity contribution in [3.05, 3.63) is 66.4 Å². The number of hydrogen-bond donors (Lipinski definition) is 3. The van der Waals surface area contributed by atoms with Crippen LogP contribution in [0.15, 0.2) is 60.8 Å². The molecule has 150 valence electrons. The van der Waals surface area contributed by atoms with Crippen LogP contribution in [0.1, 0.15) is 23.2 Å². The van der Waals surface area contributed by atoms with Crippen LogP contribution in [0.25, 0.3) is 10.9 Å². The number of aromatic amines is 1. The van der Waals surface area contributed by atoms with Gasteiger partial charge in [0.05, 0.1) is 12.1 Å². The van der Waals surface area contributed by atoms with Crippen molar-refractivity contribution in [1.82, 2.24) is 15.2 Å². The number of anilines is 1. The Morgan fingerprint density at radius 2 is 1.86 bits per heavy atom. The van der Waals surface area contributed by atoms with Gasteiger partial charge in [0.1, 0.15) is 0 Å². The number of H-pyrrole nitrogens is 1. The average Bonchev–Trinajstić information content (AvgIpc) is 3.17. The zero-order valence-electron chi connectivity index (χ0n) is 16.4. The average molecular weight is 390 g/mol. The lowest BCUT2D eigenvalue weighted by molar-refractivity contribution is -0.117. The Bertz CT molecular complexity index is 983. The molecule has 0 spiro atoms. The summed E-state index contributed by atoms with van der Waals surface area (Å²) in [5, 5.41) is 6.95. The van der Waals surface area contributed by atoms with E-state index < -0.39 is 0 Å². The summed E-state index contributed by atoms with van der Waals surface area (Å²) in [6.45, 7) is 2.72. The first-order valence-corrected chi connectivity index (χ1v) is 10.1. The predicted octanol–water partition coefficient (Wildman–Crippen LogP) is 3.25. The molecule has 1 unspecified atom stereocenters. The van der Waals surface area contributed by atoms with Crippen LogP contribution in [0.3, 0.4) is 0 Å². The standard InChI is InChI=1S/C23H26N4O2/c28-22(26-18-8-2-1-3-9-18)16-27-12-6-7-17(15-27)13-25-23(29)20-14-24-21-11-5-4-10-19(20)21/h1-5,8-11,14,17,24H,6-7,12-13,15-16H2,(H,25,29)(H,26,28). The monoisotopic (exact) mass is 390 g/mol. The molecule has 4 rings (SSSR count). The van der Waals surface area contributed by atoms with Gasteiger partial charge in [0.15, 0.2) is 0 Å². The third-order valence-electron chi connectivity index (χ3n) is 5.41. The highest BCUT2D eigenvalue weighted by atomic mass is 16.2. The van der Waals surface area contributed by atoms with Gasteiger partial charge in [-0.25, -0.2) is 0 Å². The van der Waals surface area contributed by atoms with Crippen LogP contribution in [0.2, 0.25) is 0 Å². The number of nitrogens with one attached hydrogen (secondary N) is 3. The van der Waals surface area contributed by atoms with Crippen LogP contribution in [0.5, 0.6) is 0 Å². The third kappa shape index (κ3) is 4.84. The fraction of sp³-hybridized carbons (Fsp3) is 0.304. The van der Waals surface area contributed by atoms with Gasteiger partial charge in [0.2, 0.25) is 5.91 Å². The normalized spacial score (nSPS) is 17.2. The van der Waals surface area contributed by atoms with Gasteiger partial charge in [-0.2, -0.15) is 0 Å². The number of nitrogens with zero attached hydrogens (tertiary/aromatic N) is 1. The Labute approximate surface area is 170 Å². The van der Waals surface area contributed by atoms with Crippen LogP contribution in [0, 0.1) is 5.92 Å². The predicted molar refractivity (Wildman–Crippen MR) is 115 cm³/mol. The zero-order valence-corrected chi connectivity index (χ0v) is 16.4. The Hall–Kier alpha value is -3.12. The number of piperidine rings is 1. The molecule has 0 radical (unpaired) electrons. The topological polar surface area (TPSA) is 77.2 Å². The first kappa shape index (κ1) is 19.2. The molecule has 1 aliphatic heterocycles. The van der Waals surface area contributed by atoms with Crippen molar-refractivity contribution in [1.29, 1.82) is 0 Å². The second-order valence-electron chi connectivity index (χ2n) is 7.62. The molecule has 29 heavy (non-hydrogen) atoms. The van der Waals surface area contributed by atoms with E-state index in [0.717, 1.165) is 42.5 Å². The molecule has 2 amide bonds. The van der Waals surface area contributed by atoms with Crippen molar-refractivity contribution in [2.24, 2.45) is 5.92 Å². The lowest BCUT2D eigenvalue weighted by atomic mass is 9.98. The summed E-state index contributed by atoms with van der Waals surface area (Å²) in [5.74, 6) is 0.295. The quantitative estimate of drug-likeness (QED) is 0.605. The van der Waals surface area contributed by atoms with E-state index in [4.69, 9.17) is 0 Å². The maximum absolute atomic E-state index is 12.6. The van der Waals surface area contributed by atoms with Crippen LogP contribution in [-0.2, 0) is 4.79 Å². The molecule has 0 bridgehead atoms. The van der Waals surface area contributed by atoms with Gasteiger partial charge in [-0.15, -0.1) is 0 Å². The molecule has 6 heteroatoms. The number of carbonyl (C=O) groups is 2. The lowest BCUT2D eigenvalue weighted by Crippen LogP contribution is -2.43. The van der Waals surface area contributed by atoms with Crippen LogP contribution in [-0.4, -0.2) is 47.9 Å². The van der Waals surface area contributed by atoms with E-state index in [1.165, 1.54) is 0 Å². The van der Waals surface area contributed by atoms with E-state index >= 15 is 0 Å². The molecule has 3 aromatic rings. The smallest absolute Gasteiger partial charge is 0.253 e. The number of hydrogen-bond acceptors (Lipinski definition) is 3. The van der Waals surface area contributed by atoms with Crippen molar-refractivity contribution in [2.75, 3.05) is 31.5 Å². The van der Waals surface area contributed by atoms with Crippen molar-refractivity contribution in [3.63, 3.8) is 0 Å². The van der Waals surface area contributed by atoms with E-state index in [9.17, 15) is 9.59 Å². The summed E-state index contributed by atoms with van der Waals surface area (Å²) in [7, 11) is 0. The van der Waals surface area contributed by atoms with Gasteiger partial charge in [0.25, 0.3) is 5.91 Å². The molecule has 0 aliphatic carbocycles. The van der Waals surface area contributed by atoms with Crippen LogP contribution < -0.4 is 10.6 Å². The number of fused-ring (bicyclic) bond motifs is 1. The van der Waals surface area contributed by atoms with Crippen molar-refractivity contribution in [2.45, 2.75) is 12.8 Å². The molecular formula is C23H26N4O2. The fourth-order valence-electron chi connectivity index (χ4n) is 3.98. The highest BCUT2D eigenvalue weighted by Crippen LogP contribution is 2.19. The van der Waals surface area contributed by atoms with Crippen molar-refractivity contribution >= 4 is 28.4 Å². The number of aromatic nitrogens is 1. The van der Waals surface area contributed by atoms with Gasteiger partial charge in [-0.05, 0) is 43.5 Å². The Kier molecular flexibility index (Phi) is 5.91. The van der Waals surface area contributed by atoms with Gasteiger partial charge in [0, 0.05) is 35.9 Å². The van der Waals surface area contributed by atoms with E-state index in [1.807, 2.05) is 54.6 Å². The molecule has 1 saturated heterocycles. The van der Waals surface area contributed by atoms with Crippen molar-refractivity contribution < 1.29 is 9.59 Å². The number of likely N-dealkylation sites (tertiary alicyclic amines) is 1. The molecule has 2 heterocycles. The Morgan fingerprint density at radius 3 is 2.72 bits per heavy atom. The van der Waals surface area contributed by atoms with E-state index in [0.29, 0.717) is 24.6 Å². The highest BCUT2D eigenvalue weighted by Gasteiger charge is 2.22. The van der Waals surface area contributed by atoms with Crippen LogP contribution >= 0.6 is 0 Å². The highest BCUT2D eigenvalue weighted by molar-refractivity contribution is 6.06. The SMILES string of the molecule is O=C(CN1CCCC(CNC(=O)c2c[nH]c3ccccc23)C1)Nc1ccccc1. The van der Waals surface area contributed by atoms with Gasteiger partial charge in [-0.1, -0.05) is 36.4 Å². The first-order valence-electron chi connectivity index (χ1n) is 10.1. The first-order chi connectivity index (χ1) is 14.2. The number of amides is 2. The fourth-order valence-corrected chi connectivity index (χ4v) is 3.98. The van der Waals surface area contributed by atoms with Gasteiger partial charge in [-0.3, -0.25) is 14.5 Å².